The van der Waals surface area contributed by atoms with Gasteiger partial charge in [0.05, 0.1) is 6.10 Å². The SMILES string of the molecule is Cc1ccccc1C(C(C)N)N(C)C1CCCCC1O. The van der Waals surface area contributed by atoms with Crippen LogP contribution in [0.15, 0.2) is 24.3 Å². The fourth-order valence-corrected chi connectivity index (χ4v) is 3.57. The fourth-order valence-electron chi connectivity index (χ4n) is 3.57. The third kappa shape index (κ3) is 3.22. The highest BCUT2D eigenvalue weighted by atomic mass is 16.3. The van der Waals surface area contributed by atoms with Gasteiger partial charge in [-0.05, 0) is 44.9 Å². The van der Waals surface area contributed by atoms with E-state index in [1.54, 1.807) is 0 Å². The molecule has 0 radical (unpaired) electrons. The van der Waals surface area contributed by atoms with Crippen LogP contribution in [0.1, 0.15) is 49.8 Å². The summed E-state index contributed by atoms with van der Waals surface area (Å²) in [5, 5.41) is 10.3. The van der Waals surface area contributed by atoms with Crippen molar-refractivity contribution in [2.45, 2.75) is 63.8 Å². The average molecular weight is 276 g/mol. The zero-order chi connectivity index (χ0) is 14.7. The maximum absolute atomic E-state index is 10.3. The van der Waals surface area contributed by atoms with Gasteiger partial charge in [0.1, 0.15) is 0 Å². The van der Waals surface area contributed by atoms with Gasteiger partial charge >= 0.3 is 0 Å². The summed E-state index contributed by atoms with van der Waals surface area (Å²) in [6.45, 7) is 4.19. The Morgan fingerprint density at radius 1 is 1.25 bits per heavy atom. The molecule has 4 atom stereocenters. The number of benzene rings is 1. The van der Waals surface area contributed by atoms with Crippen LogP contribution in [0.2, 0.25) is 0 Å². The molecule has 112 valence electrons. The molecule has 1 fully saturated rings. The van der Waals surface area contributed by atoms with Gasteiger partial charge in [0.25, 0.3) is 0 Å². The quantitative estimate of drug-likeness (QED) is 0.889. The number of aliphatic hydroxyl groups excluding tert-OH is 1. The van der Waals surface area contributed by atoms with Crippen LogP contribution in [0, 0.1) is 6.92 Å². The summed E-state index contributed by atoms with van der Waals surface area (Å²) in [5.74, 6) is 0. The van der Waals surface area contributed by atoms with Crippen LogP contribution in [0.25, 0.3) is 0 Å². The van der Waals surface area contributed by atoms with Crippen molar-refractivity contribution in [2.75, 3.05) is 7.05 Å². The first-order valence-electron chi connectivity index (χ1n) is 7.73. The van der Waals surface area contributed by atoms with Crippen LogP contribution in [0.4, 0.5) is 0 Å². The average Bonchev–Trinajstić information content (AvgIpc) is 2.41. The van der Waals surface area contributed by atoms with Gasteiger partial charge in [0.2, 0.25) is 0 Å². The minimum atomic E-state index is -0.223. The third-order valence-corrected chi connectivity index (χ3v) is 4.66. The molecule has 0 heterocycles. The van der Waals surface area contributed by atoms with Crippen molar-refractivity contribution in [1.29, 1.82) is 0 Å². The van der Waals surface area contributed by atoms with Crippen molar-refractivity contribution in [3.05, 3.63) is 35.4 Å². The highest BCUT2D eigenvalue weighted by molar-refractivity contribution is 5.30. The lowest BCUT2D eigenvalue weighted by Crippen LogP contribution is -2.49. The Kier molecular flexibility index (Phi) is 5.19. The monoisotopic (exact) mass is 276 g/mol. The lowest BCUT2D eigenvalue weighted by Gasteiger charge is -2.42. The number of hydrogen-bond donors (Lipinski definition) is 2. The van der Waals surface area contributed by atoms with E-state index in [1.165, 1.54) is 17.5 Å². The normalized spacial score (nSPS) is 26.5. The van der Waals surface area contributed by atoms with E-state index in [4.69, 9.17) is 5.73 Å². The highest BCUT2D eigenvalue weighted by Gasteiger charge is 2.33. The molecule has 0 aliphatic heterocycles. The van der Waals surface area contributed by atoms with Gasteiger partial charge < -0.3 is 10.8 Å². The molecule has 0 aromatic heterocycles. The van der Waals surface area contributed by atoms with Crippen LogP contribution >= 0.6 is 0 Å². The third-order valence-electron chi connectivity index (χ3n) is 4.66. The summed E-state index contributed by atoms with van der Waals surface area (Å²) in [6.07, 6.45) is 4.09. The van der Waals surface area contributed by atoms with Gasteiger partial charge in [-0.15, -0.1) is 0 Å². The smallest absolute Gasteiger partial charge is 0.0695 e. The zero-order valence-corrected chi connectivity index (χ0v) is 12.9. The number of rotatable bonds is 4. The van der Waals surface area contributed by atoms with Gasteiger partial charge in [0, 0.05) is 18.1 Å². The summed E-state index contributed by atoms with van der Waals surface area (Å²) in [4.78, 5) is 2.30. The Hall–Kier alpha value is -0.900. The van der Waals surface area contributed by atoms with Crippen molar-refractivity contribution in [3.8, 4) is 0 Å². The first-order valence-corrected chi connectivity index (χ1v) is 7.73. The van der Waals surface area contributed by atoms with E-state index in [0.29, 0.717) is 0 Å². The van der Waals surface area contributed by atoms with Gasteiger partial charge in [-0.2, -0.15) is 0 Å². The molecule has 1 aromatic rings. The largest absolute Gasteiger partial charge is 0.391 e. The maximum Gasteiger partial charge on any atom is 0.0695 e. The van der Waals surface area contributed by atoms with Crippen LogP contribution in [0.5, 0.6) is 0 Å². The van der Waals surface area contributed by atoms with Crippen molar-refractivity contribution in [1.82, 2.24) is 4.90 Å². The highest BCUT2D eigenvalue weighted by Crippen LogP contribution is 2.32. The van der Waals surface area contributed by atoms with E-state index in [-0.39, 0.29) is 24.2 Å². The molecule has 0 spiro atoms. The molecule has 3 nitrogen and oxygen atoms in total. The number of nitrogens with two attached hydrogens (primary N) is 1. The van der Waals surface area contributed by atoms with Crippen molar-refractivity contribution < 1.29 is 5.11 Å². The van der Waals surface area contributed by atoms with E-state index < -0.39 is 0 Å². The number of likely N-dealkylation sites (N-methyl/N-ethyl adjacent to an activating group) is 1. The molecule has 3 heteroatoms. The second-order valence-electron chi connectivity index (χ2n) is 6.25. The summed E-state index contributed by atoms with van der Waals surface area (Å²) in [6, 6.07) is 8.85. The molecule has 20 heavy (non-hydrogen) atoms. The Bertz CT molecular complexity index is 433. The Balaban J connectivity index is 2.26. The molecular weight excluding hydrogens is 248 g/mol. The lowest BCUT2D eigenvalue weighted by atomic mass is 9.88. The molecule has 1 aliphatic rings. The molecule has 0 amide bonds. The van der Waals surface area contributed by atoms with Crippen molar-refractivity contribution in [3.63, 3.8) is 0 Å². The topological polar surface area (TPSA) is 49.5 Å². The second-order valence-corrected chi connectivity index (χ2v) is 6.25. The summed E-state index contributed by atoms with van der Waals surface area (Å²) < 4.78 is 0. The van der Waals surface area contributed by atoms with Crippen LogP contribution in [-0.2, 0) is 0 Å². The molecule has 1 aromatic carbocycles. The zero-order valence-electron chi connectivity index (χ0n) is 12.9. The molecule has 4 unspecified atom stereocenters. The van der Waals surface area contributed by atoms with E-state index in [1.807, 2.05) is 0 Å². The minimum absolute atomic E-state index is 0.0372. The van der Waals surface area contributed by atoms with E-state index in [0.717, 1.165) is 19.3 Å². The standard InChI is InChI=1S/C17H28N2O/c1-12-8-4-5-9-14(12)17(13(2)18)19(3)15-10-6-7-11-16(15)20/h4-5,8-9,13,15-17,20H,6-7,10-11,18H2,1-3H3. The van der Waals surface area contributed by atoms with E-state index in [2.05, 4.69) is 50.1 Å². The number of nitrogens with zero attached hydrogens (tertiary/aromatic N) is 1. The molecule has 1 saturated carbocycles. The Morgan fingerprint density at radius 3 is 2.50 bits per heavy atom. The number of aryl methyl sites for hydroxylation is 1. The molecule has 0 saturated heterocycles. The fraction of sp³-hybridized carbons (Fsp3) is 0.647. The summed E-state index contributed by atoms with van der Waals surface area (Å²) >= 11 is 0. The van der Waals surface area contributed by atoms with Crippen LogP contribution in [-0.4, -0.2) is 35.2 Å². The van der Waals surface area contributed by atoms with Crippen LogP contribution in [0.3, 0.4) is 0 Å². The first-order chi connectivity index (χ1) is 9.52. The minimum Gasteiger partial charge on any atom is -0.391 e. The van der Waals surface area contributed by atoms with Crippen LogP contribution < -0.4 is 5.73 Å². The molecule has 3 N–H and O–H groups in total. The predicted molar refractivity (Wildman–Crippen MR) is 83.6 cm³/mol. The first kappa shape index (κ1) is 15.5. The van der Waals surface area contributed by atoms with Gasteiger partial charge in [-0.25, -0.2) is 0 Å². The number of hydrogen-bond acceptors (Lipinski definition) is 3. The molecule has 2 rings (SSSR count). The van der Waals surface area contributed by atoms with Gasteiger partial charge in [0.15, 0.2) is 0 Å². The van der Waals surface area contributed by atoms with E-state index in [9.17, 15) is 5.11 Å². The molecular formula is C17H28N2O. The maximum atomic E-state index is 10.3. The van der Waals surface area contributed by atoms with Crippen molar-refractivity contribution >= 4 is 0 Å². The predicted octanol–water partition coefficient (Wildman–Crippen LogP) is 2.62. The van der Waals surface area contributed by atoms with E-state index >= 15 is 0 Å². The molecule has 0 bridgehead atoms. The van der Waals surface area contributed by atoms with Gasteiger partial charge in [-0.1, -0.05) is 37.1 Å². The molecule has 1 aliphatic carbocycles. The van der Waals surface area contributed by atoms with Gasteiger partial charge in [-0.3, -0.25) is 4.90 Å². The van der Waals surface area contributed by atoms with Crippen molar-refractivity contribution in [2.24, 2.45) is 5.73 Å². The second kappa shape index (κ2) is 6.70. The Morgan fingerprint density at radius 2 is 1.90 bits per heavy atom. The summed E-state index contributed by atoms with van der Waals surface area (Å²) in [5.41, 5.74) is 8.82. The summed E-state index contributed by atoms with van der Waals surface area (Å²) in [7, 11) is 2.11. The number of aliphatic hydroxyl groups is 1. The Labute approximate surface area is 122 Å². The lowest BCUT2D eigenvalue weighted by molar-refractivity contribution is 0.00778.